The van der Waals surface area contributed by atoms with Gasteiger partial charge in [0.05, 0.1) is 8.07 Å². The van der Waals surface area contributed by atoms with Crippen molar-refractivity contribution in [3.63, 3.8) is 0 Å². The van der Waals surface area contributed by atoms with Crippen molar-refractivity contribution in [1.82, 2.24) is 0 Å². The Hall–Kier alpha value is -1.41. The van der Waals surface area contributed by atoms with Gasteiger partial charge in [0.25, 0.3) is 0 Å². The van der Waals surface area contributed by atoms with Crippen LogP contribution in [0.2, 0.25) is 19.6 Å². The molecular formula is C21H32NSi+. The van der Waals surface area contributed by atoms with Crippen LogP contribution in [0.15, 0.2) is 36.5 Å². The highest BCUT2D eigenvalue weighted by Gasteiger charge is 2.22. The molecule has 23 heavy (non-hydrogen) atoms. The van der Waals surface area contributed by atoms with Crippen molar-refractivity contribution in [2.75, 3.05) is 0 Å². The Bertz CT molecular complexity index is 679. The number of pyridine rings is 1. The first-order valence-corrected chi connectivity index (χ1v) is 12.4. The molecule has 0 atom stereocenters. The van der Waals surface area contributed by atoms with E-state index in [4.69, 9.17) is 0 Å². The van der Waals surface area contributed by atoms with Crippen LogP contribution >= 0.6 is 0 Å². The molecule has 2 heteroatoms. The summed E-state index contributed by atoms with van der Waals surface area (Å²) >= 11 is 0. The van der Waals surface area contributed by atoms with E-state index in [1.807, 2.05) is 0 Å². The first-order valence-electron chi connectivity index (χ1n) is 8.89. The SMILES string of the molecule is CCC(CC)c1ccc(C)c(-c2ccc([Si](C)(C)C)c[n+]2C)c1. The molecule has 0 amide bonds. The normalized spacial score (nSPS) is 12.0. The van der Waals surface area contributed by atoms with Gasteiger partial charge in [-0.05, 0) is 42.9 Å². The van der Waals surface area contributed by atoms with Gasteiger partial charge in [-0.1, -0.05) is 51.7 Å². The summed E-state index contributed by atoms with van der Waals surface area (Å²) < 4.78 is 2.31. The molecule has 1 nitrogen and oxygen atoms in total. The molecule has 1 aromatic heterocycles. The molecule has 0 aliphatic heterocycles. The highest BCUT2D eigenvalue weighted by molar-refractivity contribution is 6.88. The van der Waals surface area contributed by atoms with Gasteiger partial charge in [-0.25, -0.2) is 4.57 Å². The fourth-order valence-corrected chi connectivity index (χ4v) is 4.42. The Kier molecular flexibility index (Phi) is 5.46. The fraction of sp³-hybridized carbons (Fsp3) is 0.476. The van der Waals surface area contributed by atoms with Crippen LogP contribution in [0.5, 0.6) is 0 Å². The predicted molar refractivity (Wildman–Crippen MR) is 104 cm³/mol. The monoisotopic (exact) mass is 326 g/mol. The second kappa shape index (κ2) is 7.00. The minimum atomic E-state index is -1.26. The van der Waals surface area contributed by atoms with Gasteiger partial charge in [0.15, 0.2) is 6.20 Å². The summed E-state index contributed by atoms with van der Waals surface area (Å²) in [6.07, 6.45) is 4.75. The number of hydrogen-bond donors (Lipinski definition) is 0. The zero-order chi connectivity index (χ0) is 17.2. The number of aromatic nitrogens is 1. The molecule has 0 bridgehead atoms. The van der Waals surface area contributed by atoms with E-state index < -0.39 is 8.07 Å². The summed E-state index contributed by atoms with van der Waals surface area (Å²) in [5.41, 5.74) is 5.53. The average molecular weight is 327 g/mol. The predicted octanol–water partition coefficient (Wildman–Crippen LogP) is 4.94. The van der Waals surface area contributed by atoms with Crippen molar-refractivity contribution in [3.05, 3.63) is 47.7 Å². The molecule has 0 N–H and O–H groups in total. The maximum atomic E-state index is 2.41. The van der Waals surface area contributed by atoms with Crippen molar-refractivity contribution in [2.45, 2.75) is 59.2 Å². The Balaban J connectivity index is 2.51. The topological polar surface area (TPSA) is 3.88 Å². The first kappa shape index (κ1) is 17.9. The molecule has 0 saturated carbocycles. The van der Waals surface area contributed by atoms with E-state index in [1.165, 1.54) is 40.4 Å². The van der Waals surface area contributed by atoms with E-state index in [0.717, 1.165) is 0 Å². The Labute approximate surface area is 143 Å². The summed E-state index contributed by atoms with van der Waals surface area (Å²) in [5.74, 6) is 0.668. The first-order chi connectivity index (χ1) is 10.8. The van der Waals surface area contributed by atoms with Crippen LogP contribution in [0, 0.1) is 6.92 Å². The number of nitrogens with zero attached hydrogens (tertiary/aromatic N) is 1. The number of benzene rings is 1. The molecule has 1 heterocycles. The van der Waals surface area contributed by atoms with E-state index in [0.29, 0.717) is 5.92 Å². The van der Waals surface area contributed by atoms with Crippen molar-refractivity contribution >= 4 is 13.3 Å². The Morgan fingerprint density at radius 3 is 2.17 bits per heavy atom. The summed E-state index contributed by atoms with van der Waals surface area (Å²) in [5, 5.41) is 1.51. The van der Waals surface area contributed by atoms with Crippen molar-refractivity contribution in [1.29, 1.82) is 0 Å². The van der Waals surface area contributed by atoms with Gasteiger partial charge in [-0.15, -0.1) is 0 Å². The lowest BCUT2D eigenvalue weighted by Crippen LogP contribution is -2.45. The molecule has 0 spiro atoms. The lowest BCUT2D eigenvalue weighted by molar-refractivity contribution is -0.659. The molecule has 124 valence electrons. The van der Waals surface area contributed by atoms with Crippen LogP contribution in [0.3, 0.4) is 0 Å². The molecule has 1 aromatic carbocycles. The van der Waals surface area contributed by atoms with E-state index in [1.54, 1.807) is 0 Å². The zero-order valence-electron chi connectivity index (χ0n) is 15.9. The highest BCUT2D eigenvalue weighted by atomic mass is 28.3. The lowest BCUT2D eigenvalue weighted by atomic mass is 9.90. The van der Waals surface area contributed by atoms with Crippen LogP contribution in [0.25, 0.3) is 11.3 Å². The van der Waals surface area contributed by atoms with Gasteiger partial charge < -0.3 is 0 Å². The minimum Gasteiger partial charge on any atom is -0.201 e. The van der Waals surface area contributed by atoms with Crippen LogP contribution in [-0.2, 0) is 7.05 Å². The average Bonchev–Trinajstić information content (AvgIpc) is 2.49. The van der Waals surface area contributed by atoms with Gasteiger partial charge in [0.2, 0.25) is 5.69 Å². The van der Waals surface area contributed by atoms with Crippen LogP contribution in [0.1, 0.15) is 43.7 Å². The van der Waals surface area contributed by atoms with Gasteiger partial charge in [0.1, 0.15) is 7.05 Å². The molecule has 0 unspecified atom stereocenters. The molecule has 0 fully saturated rings. The molecule has 2 rings (SSSR count). The lowest BCUT2D eigenvalue weighted by Gasteiger charge is -2.17. The second-order valence-corrected chi connectivity index (χ2v) is 12.8. The maximum absolute atomic E-state index is 2.41. The summed E-state index contributed by atoms with van der Waals surface area (Å²) in [6, 6.07) is 11.7. The third-order valence-corrected chi connectivity index (χ3v) is 7.02. The highest BCUT2D eigenvalue weighted by Crippen LogP contribution is 2.28. The number of rotatable bonds is 5. The third kappa shape index (κ3) is 3.92. The van der Waals surface area contributed by atoms with E-state index in [-0.39, 0.29) is 0 Å². The molecule has 2 aromatic rings. The van der Waals surface area contributed by atoms with Crippen LogP contribution < -0.4 is 9.75 Å². The van der Waals surface area contributed by atoms with Gasteiger partial charge in [-0.2, -0.15) is 0 Å². The molecule has 0 radical (unpaired) electrons. The number of aryl methyl sites for hydroxylation is 2. The van der Waals surface area contributed by atoms with Gasteiger partial charge in [-0.3, -0.25) is 0 Å². The van der Waals surface area contributed by atoms with E-state index in [9.17, 15) is 0 Å². The van der Waals surface area contributed by atoms with E-state index in [2.05, 4.69) is 88.6 Å². The quantitative estimate of drug-likeness (QED) is 0.541. The minimum absolute atomic E-state index is 0.668. The largest absolute Gasteiger partial charge is 0.212 e. The van der Waals surface area contributed by atoms with Gasteiger partial charge in [0, 0.05) is 16.8 Å². The molecular weight excluding hydrogens is 294 g/mol. The molecule has 0 aliphatic carbocycles. The van der Waals surface area contributed by atoms with Gasteiger partial charge >= 0.3 is 0 Å². The van der Waals surface area contributed by atoms with Crippen LogP contribution in [-0.4, -0.2) is 8.07 Å². The standard InChI is InChI=1S/C21H32NSi/c1-8-17(9-2)18-11-10-16(3)20(14-18)21-13-12-19(15-22(21)4)23(5,6)7/h10-15,17H,8-9H2,1-7H3/q+1. The second-order valence-electron chi connectivity index (χ2n) is 7.75. The smallest absolute Gasteiger partial charge is 0.201 e. The summed E-state index contributed by atoms with van der Waals surface area (Å²) in [6.45, 7) is 14.0. The van der Waals surface area contributed by atoms with E-state index >= 15 is 0 Å². The zero-order valence-corrected chi connectivity index (χ0v) is 16.9. The van der Waals surface area contributed by atoms with Crippen molar-refractivity contribution < 1.29 is 4.57 Å². The maximum Gasteiger partial charge on any atom is 0.212 e. The molecule has 0 saturated heterocycles. The molecule has 0 aliphatic rings. The van der Waals surface area contributed by atoms with Crippen LogP contribution in [0.4, 0.5) is 0 Å². The summed E-state index contributed by atoms with van der Waals surface area (Å²) in [7, 11) is 0.919. The summed E-state index contributed by atoms with van der Waals surface area (Å²) in [4.78, 5) is 0. The third-order valence-electron chi connectivity index (χ3n) is 4.99. The Morgan fingerprint density at radius 2 is 1.65 bits per heavy atom. The van der Waals surface area contributed by atoms with Crippen molar-refractivity contribution in [2.24, 2.45) is 7.05 Å². The van der Waals surface area contributed by atoms with Crippen molar-refractivity contribution in [3.8, 4) is 11.3 Å². The fourth-order valence-electron chi connectivity index (χ4n) is 3.26. The number of hydrogen-bond acceptors (Lipinski definition) is 0. The Morgan fingerprint density at radius 1 is 1.00 bits per heavy atom.